The molecule has 2 N–H and O–H groups in total. The van der Waals surface area contributed by atoms with Crippen LogP contribution in [-0.2, 0) is 6.42 Å². The summed E-state index contributed by atoms with van der Waals surface area (Å²) in [5, 5.41) is 2.95. The average Bonchev–Trinajstić information content (AvgIpc) is 3.21. The zero-order valence-electron chi connectivity index (χ0n) is 15.3. The van der Waals surface area contributed by atoms with Gasteiger partial charge in [0.2, 0.25) is 0 Å². The molecular weight excluding hydrogens is 353 g/mol. The largest absolute Gasteiger partial charge is 0.352 e. The van der Waals surface area contributed by atoms with Crippen molar-refractivity contribution < 1.29 is 9.18 Å². The second-order valence-corrected chi connectivity index (χ2v) is 6.64. The van der Waals surface area contributed by atoms with Gasteiger partial charge in [0.1, 0.15) is 11.3 Å². The Bertz CT molecular complexity index is 1100. The Morgan fingerprint density at radius 3 is 2.64 bits per heavy atom. The molecule has 4 nitrogen and oxygen atoms in total. The molecule has 140 valence electrons. The van der Waals surface area contributed by atoms with Gasteiger partial charge in [0.05, 0.1) is 17.4 Å². The molecule has 0 aliphatic carbocycles. The van der Waals surface area contributed by atoms with Gasteiger partial charge >= 0.3 is 0 Å². The van der Waals surface area contributed by atoms with Gasteiger partial charge in [0, 0.05) is 12.1 Å². The summed E-state index contributed by atoms with van der Waals surface area (Å²) in [5.74, 6) is -0.336. The lowest BCUT2D eigenvalue weighted by Crippen LogP contribution is -2.25. The Labute approximate surface area is 162 Å². The number of hydrogen-bond donors (Lipinski definition) is 2. The quantitative estimate of drug-likeness (QED) is 0.480. The molecule has 0 saturated heterocycles. The third kappa shape index (κ3) is 3.78. The molecule has 1 heterocycles. The van der Waals surface area contributed by atoms with Crippen molar-refractivity contribution in [1.82, 2.24) is 15.3 Å². The highest BCUT2D eigenvalue weighted by Crippen LogP contribution is 2.23. The van der Waals surface area contributed by atoms with Crippen LogP contribution in [-0.4, -0.2) is 22.4 Å². The molecule has 0 bridgehead atoms. The molecule has 1 aromatic heterocycles. The van der Waals surface area contributed by atoms with Crippen LogP contribution in [0.3, 0.4) is 0 Å². The number of hydrogen-bond acceptors (Lipinski definition) is 2. The number of imidazole rings is 1. The van der Waals surface area contributed by atoms with Crippen molar-refractivity contribution in [3.05, 3.63) is 90.0 Å². The number of aryl methyl sites for hydroxylation is 1. The van der Waals surface area contributed by atoms with Gasteiger partial charge in [-0.25, -0.2) is 9.37 Å². The van der Waals surface area contributed by atoms with E-state index in [2.05, 4.69) is 15.3 Å². The van der Waals surface area contributed by atoms with E-state index in [1.165, 1.54) is 6.07 Å². The van der Waals surface area contributed by atoms with Gasteiger partial charge in [-0.1, -0.05) is 48.5 Å². The number of carbonyl (C=O) groups excluding carboxylic acids is 1. The maximum atomic E-state index is 13.9. The fourth-order valence-electron chi connectivity index (χ4n) is 3.28. The number of aromatic nitrogens is 2. The maximum Gasteiger partial charge on any atom is 0.253 e. The summed E-state index contributed by atoms with van der Waals surface area (Å²) in [4.78, 5) is 19.6. The highest BCUT2D eigenvalue weighted by atomic mass is 19.1. The summed E-state index contributed by atoms with van der Waals surface area (Å²) >= 11 is 0. The summed E-state index contributed by atoms with van der Waals surface area (Å²) < 4.78 is 13.9. The number of halogens is 1. The van der Waals surface area contributed by atoms with Gasteiger partial charge in [0.15, 0.2) is 0 Å². The van der Waals surface area contributed by atoms with Crippen LogP contribution in [0, 0.1) is 5.82 Å². The van der Waals surface area contributed by atoms with E-state index < -0.39 is 0 Å². The standard InChI is InChI=1S/C23H20FN3O/c24-20-8-2-1-6-18(20)17-12-10-16(11-13-17)5-4-14-25-23(28)19-7-3-9-21-22(19)27-15-26-21/h1-3,6-13,15H,4-5,14H2,(H,25,28)(H,26,27). The van der Waals surface area contributed by atoms with E-state index in [4.69, 9.17) is 0 Å². The normalized spacial score (nSPS) is 10.9. The molecule has 0 unspecified atom stereocenters. The minimum absolute atomic E-state index is 0.118. The first-order valence-electron chi connectivity index (χ1n) is 9.26. The van der Waals surface area contributed by atoms with Crippen molar-refractivity contribution in [2.45, 2.75) is 12.8 Å². The van der Waals surface area contributed by atoms with E-state index in [-0.39, 0.29) is 11.7 Å². The number of H-pyrrole nitrogens is 1. The molecule has 5 heteroatoms. The van der Waals surface area contributed by atoms with E-state index in [0.717, 1.165) is 29.5 Å². The molecule has 1 amide bonds. The Morgan fingerprint density at radius 2 is 1.82 bits per heavy atom. The lowest BCUT2D eigenvalue weighted by atomic mass is 10.0. The smallest absolute Gasteiger partial charge is 0.253 e. The molecule has 0 fully saturated rings. The molecule has 0 spiro atoms. The Hall–Kier alpha value is -3.47. The Morgan fingerprint density at radius 1 is 1.00 bits per heavy atom. The Balaban J connectivity index is 1.31. The first kappa shape index (κ1) is 17.9. The molecular formula is C23H20FN3O. The topological polar surface area (TPSA) is 57.8 Å². The summed E-state index contributed by atoms with van der Waals surface area (Å²) in [5.41, 5.74) is 4.74. The number of nitrogens with zero attached hydrogens (tertiary/aromatic N) is 1. The molecule has 0 radical (unpaired) electrons. The molecule has 0 aliphatic rings. The first-order chi connectivity index (χ1) is 13.7. The van der Waals surface area contributed by atoms with Crippen LogP contribution < -0.4 is 5.32 Å². The number of benzene rings is 3. The molecule has 28 heavy (non-hydrogen) atoms. The lowest BCUT2D eigenvalue weighted by Gasteiger charge is -2.07. The summed E-state index contributed by atoms with van der Waals surface area (Å²) in [6, 6.07) is 20.2. The van der Waals surface area contributed by atoms with Crippen LogP contribution >= 0.6 is 0 Å². The highest BCUT2D eigenvalue weighted by molar-refractivity contribution is 6.04. The van der Waals surface area contributed by atoms with E-state index in [1.807, 2.05) is 42.5 Å². The van der Waals surface area contributed by atoms with E-state index >= 15 is 0 Å². The van der Waals surface area contributed by atoms with Gasteiger partial charge in [-0.3, -0.25) is 4.79 Å². The molecule has 4 aromatic rings. The fraction of sp³-hybridized carbons (Fsp3) is 0.130. The minimum Gasteiger partial charge on any atom is -0.352 e. The minimum atomic E-state index is -0.218. The molecule has 0 aliphatic heterocycles. The van der Waals surface area contributed by atoms with Gasteiger partial charge in [-0.05, 0) is 42.2 Å². The van der Waals surface area contributed by atoms with Crippen LogP contribution in [0.15, 0.2) is 73.1 Å². The number of para-hydroxylation sites is 1. The number of fused-ring (bicyclic) bond motifs is 1. The third-order valence-corrected chi connectivity index (χ3v) is 4.76. The zero-order chi connectivity index (χ0) is 19.3. The van der Waals surface area contributed by atoms with Gasteiger partial charge in [0.25, 0.3) is 5.91 Å². The predicted molar refractivity (Wildman–Crippen MR) is 109 cm³/mol. The molecule has 0 saturated carbocycles. The van der Waals surface area contributed by atoms with E-state index in [0.29, 0.717) is 23.2 Å². The van der Waals surface area contributed by atoms with Gasteiger partial charge in [-0.2, -0.15) is 0 Å². The number of amides is 1. The summed E-state index contributed by atoms with van der Waals surface area (Å²) in [6.45, 7) is 0.578. The van der Waals surface area contributed by atoms with Gasteiger partial charge in [-0.15, -0.1) is 0 Å². The number of aromatic amines is 1. The second-order valence-electron chi connectivity index (χ2n) is 6.64. The third-order valence-electron chi connectivity index (χ3n) is 4.76. The van der Waals surface area contributed by atoms with E-state index in [9.17, 15) is 9.18 Å². The van der Waals surface area contributed by atoms with Crippen LogP contribution in [0.1, 0.15) is 22.3 Å². The highest BCUT2D eigenvalue weighted by Gasteiger charge is 2.11. The second kappa shape index (κ2) is 8.05. The zero-order valence-corrected chi connectivity index (χ0v) is 15.3. The van der Waals surface area contributed by atoms with Crippen LogP contribution in [0.5, 0.6) is 0 Å². The number of carbonyl (C=O) groups is 1. The van der Waals surface area contributed by atoms with Gasteiger partial charge < -0.3 is 10.3 Å². The summed E-state index contributed by atoms with van der Waals surface area (Å²) in [7, 11) is 0. The lowest BCUT2D eigenvalue weighted by molar-refractivity contribution is 0.0954. The summed E-state index contributed by atoms with van der Waals surface area (Å²) in [6.07, 6.45) is 3.25. The molecule has 3 aromatic carbocycles. The van der Waals surface area contributed by atoms with Crippen LogP contribution in [0.2, 0.25) is 0 Å². The monoisotopic (exact) mass is 373 g/mol. The SMILES string of the molecule is O=C(NCCCc1ccc(-c2ccccc2F)cc1)c1cccc2[nH]cnc12. The fourth-order valence-corrected chi connectivity index (χ4v) is 3.28. The van der Waals surface area contributed by atoms with E-state index in [1.54, 1.807) is 24.5 Å². The van der Waals surface area contributed by atoms with Crippen LogP contribution in [0.25, 0.3) is 22.2 Å². The molecule has 4 rings (SSSR count). The van der Waals surface area contributed by atoms with Crippen LogP contribution in [0.4, 0.5) is 4.39 Å². The first-order valence-corrected chi connectivity index (χ1v) is 9.26. The van der Waals surface area contributed by atoms with Crippen molar-refractivity contribution in [2.75, 3.05) is 6.54 Å². The van der Waals surface area contributed by atoms with Crippen molar-refractivity contribution in [2.24, 2.45) is 0 Å². The van der Waals surface area contributed by atoms with Crippen molar-refractivity contribution in [3.63, 3.8) is 0 Å². The maximum absolute atomic E-state index is 13.9. The predicted octanol–water partition coefficient (Wildman–Crippen LogP) is 4.73. The average molecular weight is 373 g/mol. The number of rotatable bonds is 6. The number of nitrogens with one attached hydrogen (secondary N) is 2. The van der Waals surface area contributed by atoms with Crippen molar-refractivity contribution in [1.29, 1.82) is 0 Å². The molecule has 0 atom stereocenters. The van der Waals surface area contributed by atoms with Crippen molar-refractivity contribution in [3.8, 4) is 11.1 Å². The Kier molecular flexibility index (Phi) is 5.15. The van der Waals surface area contributed by atoms with Crippen molar-refractivity contribution >= 4 is 16.9 Å².